The smallest absolute Gasteiger partial charge is 0.245 e. The Hall–Kier alpha value is -2.28. The first-order valence-electron chi connectivity index (χ1n) is 11.3. The average molecular weight is 416 g/mol. The van der Waals surface area contributed by atoms with Crippen molar-refractivity contribution >= 4 is 11.8 Å². The molecule has 1 fully saturated rings. The zero-order valence-electron chi connectivity index (χ0n) is 18.0. The second-order valence-electron chi connectivity index (χ2n) is 8.71. The Labute approximate surface area is 178 Å². The normalized spacial score (nSPS) is 23.6. The lowest BCUT2D eigenvalue weighted by atomic mass is 9.99. The molecule has 1 unspecified atom stereocenters. The van der Waals surface area contributed by atoms with E-state index in [1.165, 1.54) is 11.1 Å². The fourth-order valence-electron chi connectivity index (χ4n) is 4.61. The summed E-state index contributed by atoms with van der Waals surface area (Å²) < 4.78 is 11.2. The molecule has 4 rings (SSSR count). The largest absolute Gasteiger partial charge is 0.454 e. The van der Waals surface area contributed by atoms with E-state index in [4.69, 9.17) is 9.47 Å². The number of nitrogens with zero attached hydrogens (tertiary/aromatic N) is 2. The van der Waals surface area contributed by atoms with Crippen molar-refractivity contribution in [1.29, 1.82) is 0 Å². The summed E-state index contributed by atoms with van der Waals surface area (Å²) >= 11 is 0. The van der Waals surface area contributed by atoms with Crippen molar-refractivity contribution in [2.24, 2.45) is 0 Å². The number of rotatable bonds is 1. The quantitative estimate of drug-likeness (QED) is 0.763. The molecule has 1 atom stereocenters. The maximum absolute atomic E-state index is 12.9. The van der Waals surface area contributed by atoms with Gasteiger partial charge in [0, 0.05) is 26.1 Å². The monoisotopic (exact) mass is 415 g/mol. The number of benzene rings is 1. The zero-order valence-corrected chi connectivity index (χ0v) is 18.0. The molecule has 3 aliphatic heterocycles. The molecule has 0 bridgehead atoms. The molecule has 1 saturated heterocycles. The number of aryl methyl sites for hydroxylation is 1. The van der Waals surface area contributed by atoms with Crippen LogP contribution in [0.25, 0.3) is 0 Å². The Morgan fingerprint density at radius 3 is 2.40 bits per heavy atom. The Kier molecular flexibility index (Phi) is 6.77. The van der Waals surface area contributed by atoms with E-state index < -0.39 is 0 Å². The van der Waals surface area contributed by atoms with Crippen molar-refractivity contribution < 1.29 is 19.1 Å². The van der Waals surface area contributed by atoms with E-state index in [0.717, 1.165) is 76.2 Å². The predicted molar refractivity (Wildman–Crippen MR) is 113 cm³/mol. The molecule has 0 spiro atoms. The molecule has 164 valence electrons. The molecule has 2 amide bonds. The predicted octanol–water partition coefficient (Wildman–Crippen LogP) is 2.46. The molecule has 30 heavy (non-hydrogen) atoms. The van der Waals surface area contributed by atoms with Crippen LogP contribution in [0.5, 0.6) is 11.5 Å². The highest BCUT2D eigenvalue weighted by Gasteiger charge is 2.30. The number of ether oxygens (including phenoxy) is 2. The molecule has 1 aromatic carbocycles. The van der Waals surface area contributed by atoms with Gasteiger partial charge in [-0.1, -0.05) is 6.42 Å². The number of carbonyl (C=O) groups is 2. The van der Waals surface area contributed by atoms with Gasteiger partial charge in [0.05, 0.1) is 0 Å². The summed E-state index contributed by atoms with van der Waals surface area (Å²) in [5, 5.41) is 2.83. The second-order valence-corrected chi connectivity index (χ2v) is 8.71. The molecular weight excluding hydrogens is 382 g/mol. The Bertz CT molecular complexity index is 782. The van der Waals surface area contributed by atoms with Crippen LogP contribution in [0.15, 0.2) is 12.1 Å². The van der Waals surface area contributed by atoms with Crippen LogP contribution in [-0.2, 0) is 22.6 Å². The van der Waals surface area contributed by atoms with Gasteiger partial charge in [-0.15, -0.1) is 0 Å². The summed E-state index contributed by atoms with van der Waals surface area (Å²) in [6.45, 7) is 3.72. The minimum atomic E-state index is -0.324. The van der Waals surface area contributed by atoms with E-state index in [0.29, 0.717) is 19.6 Å². The minimum absolute atomic E-state index is 0.00315. The highest BCUT2D eigenvalue weighted by atomic mass is 16.7. The third kappa shape index (κ3) is 5.06. The molecule has 3 aliphatic rings. The number of carbonyl (C=O) groups excluding carboxylic acids is 2. The third-order valence-electron chi connectivity index (χ3n) is 6.33. The Morgan fingerprint density at radius 2 is 1.67 bits per heavy atom. The van der Waals surface area contributed by atoms with Gasteiger partial charge in [-0.3, -0.25) is 9.59 Å². The van der Waals surface area contributed by atoms with Gasteiger partial charge in [0.2, 0.25) is 18.6 Å². The van der Waals surface area contributed by atoms with Crippen LogP contribution in [0.3, 0.4) is 0 Å². The van der Waals surface area contributed by atoms with Gasteiger partial charge in [0.1, 0.15) is 6.04 Å². The second kappa shape index (κ2) is 9.69. The van der Waals surface area contributed by atoms with E-state index in [1.54, 1.807) is 0 Å². The number of nitrogens with one attached hydrogen (secondary N) is 1. The average Bonchev–Trinajstić information content (AvgIpc) is 3.36. The number of hydrogen-bond acceptors (Lipinski definition) is 5. The molecule has 0 radical (unpaired) electrons. The maximum atomic E-state index is 12.9. The van der Waals surface area contributed by atoms with Crippen LogP contribution >= 0.6 is 0 Å². The van der Waals surface area contributed by atoms with Crippen molar-refractivity contribution in [3.63, 3.8) is 0 Å². The van der Waals surface area contributed by atoms with Crippen molar-refractivity contribution in [1.82, 2.24) is 15.1 Å². The molecular formula is C23H33N3O4. The molecule has 3 heterocycles. The Morgan fingerprint density at radius 1 is 0.967 bits per heavy atom. The van der Waals surface area contributed by atoms with Crippen LogP contribution in [0, 0.1) is 0 Å². The fourth-order valence-corrected chi connectivity index (χ4v) is 4.61. The molecule has 1 aromatic rings. The highest BCUT2D eigenvalue weighted by Crippen LogP contribution is 2.36. The van der Waals surface area contributed by atoms with E-state index in [2.05, 4.69) is 29.4 Å². The zero-order chi connectivity index (χ0) is 20.9. The van der Waals surface area contributed by atoms with Crippen LogP contribution < -0.4 is 14.8 Å². The molecule has 0 saturated carbocycles. The molecule has 0 aliphatic carbocycles. The van der Waals surface area contributed by atoms with Crippen LogP contribution in [-0.4, -0.2) is 61.1 Å². The van der Waals surface area contributed by atoms with E-state index >= 15 is 0 Å². The third-order valence-corrected chi connectivity index (χ3v) is 6.33. The highest BCUT2D eigenvalue weighted by molar-refractivity contribution is 5.90. The summed E-state index contributed by atoms with van der Waals surface area (Å²) in [6.07, 6.45) is 7.26. The van der Waals surface area contributed by atoms with Gasteiger partial charge in [0.15, 0.2) is 11.5 Å². The number of amides is 2. The van der Waals surface area contributed by atoms with Crippen LogP contribution in [0.2, 0.25) is 0 Å². The molecule has 0 aromatic heterocycles. The Balaban J connectivity index is 1.41. The lowest BCUT2D eigenvalue weighted by Crippen LogP contribution is -2.45. The topological polar surface area (TPSA) is 71.1 Å². The fraction of sp³-hybridized carbons (Fsp3) is 0.652. The first kappa shape index (κ1) is 21.0. The van der Waals surface area contributed by atoms with Crippen LogP contribution in [0.4, 0.5) is 0 Å². The van der Waals surface area contributed by atoms with Crippen molar-refractivity contribution in [3.05, 3.63) is 23.3 Å². The summed E-state index contributed by atoms with van der Waals surface area (Å²) in [5.74, 6) is 1.81. The maximum Gasteiger partial charge on any atom is 0.245 e. The summed E-state index contributed by atoms with van der Waals surface area (Å²) in [7, 11) is 2.15. The standard InChI is InChI=1S/C23H33N3O4/c1-25-10-5-6-12-26(23(28)19-8-9-22(27)24-19)11-4-2-3-7-17-13-20-21(30-16-29-20)14-18(17)15-25/h13-14,19H,2-12,15-16H2,1H3,(H,24,27). The minimum Gasteiger partial charge on any atom is -0.454 e. The lowest BCUT2D eigenvalue weighted by Gasteiger charge is -2.27. The van der Waals surface area contributed by atoms with Crippen molar-refractivity contribution in [2.45, 2.75) is 64.0 Å². The lowest BCUT2D eigenvalue weighted by molar-refractivity contribution is -0.134. The van der Waals surface area contributed by atoms with Gasteiger partial charge in [-0.05, 0) is 75.4 Å². The molecule has 7 heteroatoms. The van der Waals surface area contributed by atoms with E-state index in [9.17, 15) is 9.59 Å². The molecule has 1 N–H and O–H groups in total. The summed E-state index contributed by atoms with van der Waals surface area (Å²) in [6, 6.07) is 3.97. The van der Waals surface area contributed by atoms with Gasteiger partial charge in [-0.2, -0.15) is 0 Å². The van der Waals surface area contributed by atoms with Gasteiger partial charge in [0.25, 0.3) is 0 Å². The number of fused-ring (bicyclic) bond motifs is 2. The van der Waals surface area contributed by atoms with Crippen molar-refractivity contribution in [3.8, 4) is 11.5 Å². The van der Waals surface area contributed by atoms with Gasteiger partial charge < -0.3 is 24.6 Å². The first-order chi connectivity index (χ1) is 14.6. The number of hydrogen-bond donors (Lipinski definition) is 1. The SMILES string of the molecule is CN1CCCCN(C(=O)C2CCC(=O)N2)CCCCCc2cc3c(cc2C1)OCO3. The first-order valence-corrected chi connectivity index (χ1v) is 11.3. The van der Waals surface area contributed by atoms with Crippen molar-refractivity contribution in [2.75, 3.05) is 33.5 Å². The van der Waals surface area contributed by atoms with Gasteiger partial charge >= 0.3 is 0 Å². The van der Waals surface area contributed by atoms with E-state index in [-0.39, 0.29) is 17.9 Å². The summed E-state index contributed by atoms with van der Waals surface area (Å²) in [5.41, 5.74) is 2.66. The van der Waals surface area contributed by atoms with Crippen LogP contribution in [0.1, 0.15) is 56.1 Å². The van der Waals surface area contributed by atoms with Gasteiger partial charge in [-0.25, -0.2) is 0 Å². The van der Waals surface area contributed by atoms with E-state index in [1.807, 2.05) is 4.90 Å². The molecule has 7 nitrogen and oxygen atoms in total. The summed E-state index contributed by atoms with van der Waals surface area (Å²) in [4.78, 5) is 28.7.